The molecule has 3 fully saturated rings. The topological polar surface area (TPSA) is 444 Å². The molecular formula is C93H135N11O24. The van der Waals surface area contributed by atoms with Crippen molar-refractivity contribution in [1.82, 2.24) is 39.8 Å². The van der Waals surface area contributed by atoms with Crippen LogP contribution < -0.4 is 21.7 Å². The average molecular weight is 1790 g/mol. The highest BCUT2D eigenvalue weighted by Crippen LogP contribution is 2.40. The predicted octanol–water partition coefficient (Wildman–Crippen LogP) is 7.70. The zero-order chi connectivity index (χ0) is 91.8. The van der Waals surface area contributed by atoms with E-state index in [2.05, 4.69) is 38.5 Å². The van der Waals surface area contributed by atoms with Crippen LogP contribution in [0.25, 0.3) is 33.4 Å². The lowest BCUT2D eigenvalue weighted by atomic mass is 9.80. The molecule has 2 aromatic carbocycles. The second-order valence-electron chi connectivity index (χ2n) is 34.2. The number of cyclic esters (lactones) is 1. The second-order valence-corrected chi connectivity index (χ2v) is 34.2. The first kappa shape index (κ1) is 101. The maximum Gasteiger partial charge on any atom is 0.407 e. The summed E-state index contributed by atoms with van der Waals surface area (Å²) in [6, 6.07) is 9.91. The number of aliphatic hydroxyl groups is 3. The molecule has 15 atom stereocenters. The zero-order valence-corrected chi connectivity index (χ0v) is 76.0. The van der Waals surface area contributed by atoms with Gasteiger partial charge in [-0.25, -0.2) is 24.2 Å². The Morgan fingerprint density at radius 2 is 1.39 bits per heavy atom. The number of ether oxygens (including phenoxy) is 13. The van der Waals surface area contributed by atoms with Gasteiger partial charge in [0.05, 0.1) is 142 Å². The van der Waals surface area contributed by atoms with Gasteiger partial charge in [0.25, 0.3) is 17.7 Å². The Kier molecular flexibility index (Phi) is 40.4. The van der Waals surface area contributed by atoms with Crippen LogP contribution in [0.5, 0.6) is 0 Å². The highest BCUT2D eigenvalue weighted by atomic mass is 16.6. The first-order valence-corrected chi connectivity index (χ1v) is 45.0. The number of nitrogen functional groups attached to an aromatic ring is 1. The van der Waals surface area contributed by atoms with Gasteiger partial charge < -0.3 is 113 Å². The molecule has 706 valence electrons. The molecule has 10 rings (SSSR count). The van der Waals surface area contributed by atoms with Crippen molar-refractivity contribution in [3.63, 3.8) is 0 Å². The highest BCUT2D eigenvalue weighted by molar-refractivity contribution is 6.39. The normalized spacial score (nSPS) is 26.9. The predicted molar refractivity (Wildman–Crippen MR) is 474 cm³/mol. The van der Waals surface area contributed by atoms with Crippen LogP contribution >= 0.6 is 0 Å². The lowest BCUT2D eigenvalue weighted by molar-refractivity contribution is -0.265. The van der Waals surface area contributed by atoms with Gasteiger partial charge in [-0.3, -0.25) is 24.0 Å². The van der Waals surface area contributed by atoms with Crippen LogP contribution in [0.15, 0.2) is 94.7 Å². The van der Waals surface area contributed by atoms with Crippen LogP contribution in [-0.2, 0) is 110 Å². The summed E-state index contributed by atoms with van der Waals surface area (Å²) >= 11 is 0. The van der Waals surface area contributed by atoms with Crippen LogP contribution in [0.3, 0.4) is 0 Å². The van der Waals surface area contributed by atoms with Crippen molar-refractivity contribution in [3.05, 3.63) is 107 Å². The summed E-state index contributed by atoms with van der Waals surface area (Å²) in [5.74, 6) is -8.51. The lowest BCUT2D eigenvalue weighted by Crippen LogP contribution is -2.61. The third-order valence-corrected chi connectivity index (χ3v) is 24.4. The molecule has 3 amide bonds. The molecule has 5 aromatic rings. The Labute approximate surface area is 749 Å². The largest absolute Gasteiger partial charge is 0.459 e. The van der Waals surface area contributed by atoms with E-state index in [1.165, 1.54) is 25.7 Å². The zero-order valence-electron chi connectivity index (χ0n) is 76.0. The van der Waals surface area contributed by atoms with Crippen molar-refractivity contribution in [1.29, 1.82) is 0 Å². The molecule has 2 bridgehead atoms. The number of esters is 1. The summed E-state index contributed by atoms with van der Waals surface area (Å²) in [4.78, 5) is 116. The number of oxazole rings is 1. The number of nitrogens with two attached hydrogens (primary N) is 2. The monoisotopic (exact) mass is 1790 g/mol. The summed E-state index contributed by atoms with van der Waals surface area (Å²) in [5.41, 5.74) is 20.8. The number of rotatable bonds is 37. The molecule has 0 radical (unpaired) electrons. The molecule has 4 aliphatic heterocycles. The van der Waals surface area contributed by atoms with Gasteiger partial charge in [0.2, 0.25) is 11.7 Å². The smallest absolute Gasteiger partial charge is 0.407 e. The summed E-state index contributed by atoms with van der Waals surface area (Å²) in [6.07, 6.45) is 9.35. The van der Waals surface area contributed by atoms with Gasteiger partial charge in [0.1, 0.15) is 59.6 Å². The van der Waals surface area contributed by atoms with Gasteiger partial charge in [-0.2, -0.15) is 10.1 Å². The first-order valence-electron chi connectivity index (χ1n) is 45.0. The number of ketones is 3. The molecule has 35 nitrogen and oxygen atoms in total. The fourth-order valence-electron chi connectivity index (χ4n) is 17.0. The fraction of sp³-hybridized carbons (Fsp3) is 0.645. The number of hydrogen-bond acceptors (Lipinski definition) is 31. The van der Waals surface area contributed by atoms with E-state index in [0.717, 1.165) is 50.5 Å². The SMILES string of the molecule is CO[C@H]1C[C@@H]2CC[C@@H](C)[C@@](O)(O2)C(=O)C(=O)N2CCCC[C@H]2C(=O)O[C@H]([C@H](N)C[C@@H]2CC[C@@H](OC(=O)NCCOCCOCCOCCOCCOCCOCCOCCOCCC(=O)N3CCc4cc(Cn5nc(-c6ccc7oc(N)nc7c6)c6c(N(C)C)ncnc65)ccc4C3)[C@H](OC)C2)CC(=O)[C@H](C)/C=C(\C)[C@@H](O)[C@@H](O)C(=O)[C@H](C)C[C@H](C)/C=C/C=C/C=C/1C. The molecule has 3 aromatic heterocycles. The Morgan fingerprint density at radius 3 is 2.05 bits per heavy atom. The third-order valence-electron chi connectivity index (χ3n) is 24.4. The number of carbonyl (C=O) groups excluding carboxylic acids is 7. The summed E-state index contributed by atoms with van der Waals surface area (Å²) in [6.45, 7) is 17.8. The van der Waals surface area contributed by atoms with E-state index < -0.39 is 120 Å². The molecule has 8 N–H and O–H groups in total. The summed E-state index contributed by atoms with van der Waals surface area (Å²) in [5, 5.41) is 43.2. The molecule has 1 saturated carbocycles. The number of piperidine rings is 1. The minimum atomic E-state index is -2.51. The minimum Gasteiger partial charge on any atom is -0.459 e. The molecular weight excluding hydrogens is 1660 g/mol. The van der Waals surface area contributed by atoms with E-state index in [-0.39, 0.29) is 81.3 Å². The third kappa shape index (κ3) is 29.3. The standard InChI is InChI=1S/C93H135N11O24/c1-59-16-12-11-13-17-60(2)77(115-9)54-70-24-19-64(6)93(114,128-70)86(110)89(111)103-30-15-14-18-73(103)90(112)125-78(55-74(105)61(3)49-63(5)84(108)85(109)83(107)62(4)48-59)71(94)51-65-21-25-76(79(52-65)116-10)127-92(113)96-29-33-118-35-37-120-39-41-122-43-45-124-47-46-123-44-42-121-40-38-119-36-34-117-32-28-80(106)102-31-27-67-50-66(20-22-69(67)57-102)56-104-88-81(87(101(7)8)97-58-98-88)82(100-104)68-23-26-75-72(53-68)99-91(95)126-75/h11-13,16-17,20,22-23,26,49-50,53,58-59,61-62,64-65,70-71,73,76-79,84-85,108-109,114H,14-15,18-19,21,24-25,27-48,51-52,54-57,94H2,1-10H3,(H2,95,99)(H,96,113)/b13-11+,16-12+,60-17+,63-49+/t59-,61-,62-,64-,65+,70+,71-,73+,76-,77+,78+,79-,84-,85+,93-/m1/s1. The van der Waals surface area contributed by atoms with Crippen LogP contribution in [0, 0.1) is 29.6 Å². The van der Waals surface area contributed by atoms with E-state index in [1.54, 1.807) is 34.2 Å². The summed E-state index contributed by atoms with van der Waals surface area (Å²) in [7, 11) is 6.94. The summed E-state index contributed by atoms with van der Waals surface area (Å²) < 4.78 is 82.5. The number of carbonyl (C=O) groups is 7. The Hall–Kier alpha value is -8.89. The van der Waals surface area contributed by atoms with Crippen LogP contribution in [0.2, 0.25) is 0 Å². The van der Waals surface area contributed by atoms with Crippen molar-refractivity contribution < 1.29 is 115 Å². The lowest BCUT2D eigenvalue weighted by Gasteiger charge is -2.42. The molecule has 1 aliphatic carbocycles. The number of aromatic nitrogens is 5. The number of allylic oxidation sites excluding steroid dienone is 6. The van der Waals surface area contributed by atoms with Crippen molar-refractivity contribution in [2.45, 2.75) is 205 Å². The Morgan fingerprint density at radius 1 is 0.719 bits per heavy atom. The molecule has 2 saturated heterocycles. The molecule has 5 aliphatic rings. The number of aliphatic hydroxyl groups excluding tert-OH is 2. The van der Waals surface area contributed by atoms with Gasteiger partial charge in [-0.1, -0.05) is 82.4 Å². The van der Waals surface area contributed by atoms with Crippen molar-refractivity contribution >= 4 is 75.2 Å². The van der Waals surface area contributed by atoms with E-state index in [9.17, 15) is 48.9 Å². The number of nitrogens with zero attached hydrogens (tertiary/aromatic N) is 8. The fourth-order valence-corrected chi connectivity index (χ4v) is 17.0. The molecule has 35 heteroatoms. The van der Waals surface area contributed by atoms with Crippen LogP contribution in [0.1, 0.15) is 142 Å². The number of fused-ring (bicyclic) bond motifs is 6. The van der Waals surface area contributed by atoms with Gasteiger partial charge in [0.15, 0.2) is 17.0 Å². The van der Waals surface area contributed by atoms with Gasteiger partial charge >= 0.3 is 12.1 Å². The van der Waals surface area contributed by atoms with E-state index in [4.69, 9.17) is 82.6 Å². The van der Waals surface area contributed by atoms with Crippen LogP contribution in [0.4, 0.5) is 16.6 Å². The van der Waals surface area contributed by atoms with Crippen molar-refractivity contribution in [2.24, 2.45) is 35.3 Å². The van der Waals surface area contributed by atoms with Gasteiger partial charge in [-0.15, -0.1) is 0 Å². The minimum absolute atomic E-state index is 0.00215. The average Bonchev–Trinajstić information content (AvgIpc) is 1.60. The Bertz CT molecular complexity index is 4550. The van der Waals surface area contributed by atoms with Crippen LogP contribution in [-0.4, -0.2) is 305 Å². The maximum absolute atomic E-state index is 14.7. The van der Waals surface area contributed by atoms with Crippen molar-refractivity contribution in [2.75, 3.05) is 164 Å². The molecule has 7 heterocycles. The first-order chi connectivity index (χ1) is 61.6. The molecule has 128 heavy (non-hydrogen) atoms. The number of anilines is 2. The number of methoxy groups -OCH3 is 2. The van der Waals surface area contributed by atoms with Crippen molar-refractivity contribution in [3.8, 4) is 11.3 Å². The number of hydrogen-bond donors (Lipinski definition) is 6. The number of amides is 3. The van der Waals surface area contributed by atoms with E-state index >= 15 is 0 Å². The molecule has 0 spiro atoms. The number of nitrogens with one attached hydrogen (secondary N) is 1. The quantitative estimate of drug-likeness (QED) is 0.00959. The van der Waals surface area contributed by atoms with E-state index in [1.807, 2.05) is 91.0 Å². The number of Topliss-reactive ketones (excluding diaryl/α,β-unsaturated/α-hetero) is 3. The maximum atomic E-state index is 14.7. The number of alkyl carbamates (subject to hydrolysis) is 1. The second kappa shape index (κ2) is 51.1. The molecule has 0 unspecified atom stereocenters. The van der Waals surface area contributed by atoms with Gasteiger partial charge in [-0.05, 0) is 142 Å². The Balaban J connectivity index is 0.549. The van der Waals surface area contributed by atoms with Gasteiger partial charge in [0, 0.05) is 96.7 Å². The van der Waals surface area contributed by atoms with E-state index in [0.29, 0.717) is 180 Å². The highest BCUT2D eigenvalue weighted by Gasteiger charge is 2.53. The number of benzene rings is 2.